The molecule has 0 spiro atoms. The minimum atomic E-state index is -0.573. The Balaban J connectivity index is 1.60. The first-order chi connectivity index (χ1) is 10.2. The lowest BCUT2D eigenvalue weighted by Gasteiger charge is -2.33. The van der Waals surface area contributed by atoms with Crippen LogP contribution in [0.25, 0.3) is 0 Å². The number of amides is 1. The van der Waals surface area contributed by atoms with Crippen LogP contribution in [0.5, 0.6) is 0 Å². The molecule has 0 aromatic carbocycles. The number of hydrogen-bond acceptors (Lipinski definition) is 4. The van der Waals surface area contributed by atoms with Gasteiger partial charge in [0.1, 0.15) is 11.9 Å². The zero-order chi connectivity index (χ0) is 14.8. The Bertz CT molecular complexity index is 599. The monoisotopic (exact) mass is 289 g/mol. The number of aromatic nitrogens is 4. The summed E-state index contributed by atoms with van der Waals surface area (Å²) in [5, 5.41) is 16.9. The van der Waals surface area contributed by atoms with E-state index in [1.165, 1.54) is 6.20 Å². The number of rotatable bonds is 3. The molecule has 0 saturated carbocycles. The van der Waals surface area contributed by atoms with E-state index in [2.05, 4.69) is 15.2 Å². The standard InChI is InChI=1S/C14H19N5O2/c1-18-7-4-15-13(18)12(20)10-2-5-19(6-3-10)14(21)11-8-16-17-9-11/h4,7-10,12,20H,2-3,5-6H2,1H3,(H,16,17). The third-order valence-electron chi connectivity index (χ3n) is 4.14. The molecule has 0 aliphatic carbocycles. The number of aliphatic hydroxyl groups is 1. The van der Waals surface area contributed by atoms with Crippen LogP contribution in [0, 0.1) is 5.92 Å². The quantitative estimate of drug-likeness (QED) is 0.872. The van der Waals surface area contributed by atoms with Crippen LogP contribution in [-0.2, 0) is 7.05 Å². The van der Waals surface area contributed by atoms with Gasteiger partial charge in [-0.3, -0.25) is 9.89 Å². The number of likely N-dealkylation sites (tertiary alicyclic amines) is 1. The molecule has 2 N–H and O–H groups in total. The fraction of sp³-hybridized carbons (Fsp3) is 0.500. The summed E-state index contributed by atoms with van der Waals surface area (Å²) < 4.78 is 1.84. The van der Waals surface area contributed by atoms with Crippen LogP contribution in [0.2, 0.25) is 0 Å². The third kappa shape index (κ3) is 2.69. The number of aryl methyl sites for hydroxylation is 1. The van der Waals surface area contributed by atoms with Crippen molar-refractivity contribution < 1.29 is 9.90 Å². The van der Waals surface area contributed by atoms with E-state index >= 15 is 0 Å². The first-order valence-electron chi connectivity index (χ1n) is 7.10. The minimum Gasteiger partial charge on any atom is -0.385 e. The van der Waals surface area contributed by atoms with Gasteiger partial charge < -0.3 is 14.6 Å². The molecule has 1 amide bonds. The van der Waals surface area contributed by atoms with Crippen LogP contribution in [0.3, 0.4) is 0 Å². The van der Waals surface area contributed by atoms with Gasteiger partial charge in [-0.05, 0) is 18.8 Å². The van der Waals surface area contributed by atoms with Crippen molar-refractivity contribution in [2.75, 3.05) is 13.1 Å². The second-order valence-corrected chi connectivity index (χ2v) is 5.46. The van der Waals surface area contributed by atoms with Crippen molar-refractivity contribution in [2.24, 2.45) is 13.0 Å². The molecule has 1 atom stereocenters. The molecule has 2 aromatic heterocycles. The Morgan fingerprint density at radius 3 is 2.81 bits per heavy atom. The Morgan fingerprint density at radius 1 is 1.48 bits per heavy atom. The summed E-state index contributed by atoms with van der Waals surface area (Å²) in [5.74, 6) is 0.822. The third-order valence-corrected chi connectivity index (χ3v) is 4.14. The number of nitrogens with one attached hydrogen (secondary N) is 1. The molecule has 21 heavy (non-hydrogen) atoms. The van der Waals surface area contributed by atoms with E-state index < -0.39 is 6.10 Å². The van der Waals surface area contributed by atoms with E-state index in [-0.39, 0.29) is 11.8 Å². The van der Waals surface area contributed by atoms with Crippen LogP contribution >= 0.6 is 0 Å². The smallest absolute Gasteiger partial charge is 0.257 e. The second kappa shape index (κ2) is 5.69. The van der Waals surface area contributed by atoms with Crippen molar-refractivity contribution in [2.45, 2.75) is 18.9 Å². The molecule has 112 valence electrons. The van der Waals surface area contributed by atoms with E-state index in [1.54, 1.807) is 12.4 Å². The Morgan fingerprint density at radius 2 is 2.24 bits per heavy atom. The number of carbonyl (C=O) groups is 1. The summed E-state index contributed by atoms with van der Waals surface area (Å²) in [7, 11) is 1.88. The lowest BCUT2D eigenvalue weighted by Crippen LogP contribution is -2.39. The number of hydrogen-bond donors (Lipinski definition) is 2. The summed E-state index contributed by atoms with van der Waals surface area (Å²) in [6.07, 6.45) is 7.65. The van der Waals surface area contributed by atoms with Crippen molar-refractivity contribution in [3.8, 4) is 0 Å². The predicted octanol–water partition coefficient (Wildman–Crippen LogP) is 0.729. The molecule has 3 rings (SSSR count). The molecule has 1 unspecified atom stereocenters. The Kier molecular flexibility index (Phi) is 3.74. The van der Waals surface area contributed by atoms with Gasteiger partial charge in [-0.25, -0.2) is 4.98 Å². The van der Waals surface area contributed by atoms with Crippen LogP contribution in [0.1, 0.15) is 35.1 Å². The normalized spacial score (nSPS) is 17.9. The summed E-state index contributed by atoms with van der Waals surface area (Å²) in [6.45, 7) is 1.30. The van der Waals surface area contributed by atoms with Gasteiger partial charge >= 0.3 is 0 Å². The van der Waals surface area contributed by atoms with Gasteiger partial charge in [-0.1, -0.05) is 0 Å². The number of piperidine rings is 1. The summed E-state index contributed by atoms with van der Waals surface area (Å²) in [4.78, 5) is 18.2. The summed E-state index contributed by atoms with van der Waals surface area (Å²) in [6, 6.07) is 0. The number of aliphatic hydroxyl groups excluding tert-OH is 1. The minimum absolute atomic E-state index is 0.00585. The van der Waals surface area contributed by atoms with Gasteiger partial charge in [0, 0.05) is 38.7 Å². The SMILES string of the molecule is Cn1ccnc1C(O)C1CCN(C(=O)c2cn[nH]c2)CC1. The van der Waals surface area contributed by atoms with Crippen molar-refractivity contribution >= 4 is 5.91 Å². The number of aromatic amines is 1. The highest BCUT2D eigenvalue weighted by Gasteiger charge is 2.30. The molecule has 2 aromatic rings. The summed E-state index contributed by atoms with van der Waals surface area (Å²) >= 11 is 0. The number of H-pyrrole nitrogens is 1. The van der Waals surface area contributed by atoms with E-state index in [0.717, 1.165) is 12.8 Å². The van der Waals surface area contributed by atoms with Gasteiger partial charge in [0.05, 0.1) is 11.8 Å². The van der Waals surface area contributed by atoms with E-state index in [1.807, 2.05) is 22.7 Å². The van der Waals surface area contributed by atoms with Crippen molar-refractivity contribution in [3.05, 3.63) is 36.2 Å². The zero-order valence-corrected chi connectivity index (χ0v) is 11.9. The van der Waals surface area contributed by atoms with Crippen LogP contribution in [-0.4, -0.2) is 48.8 Å². The molecule has 0 bridgehead atoms. The largest absolute Gasteiger partial charge is 0.385 e. The Labute approximate surface area is 122 Å². The number of imidazole rings is 1. The van der Waals surface area contributed by atoms with Crippen molar-refractivity contribution in [1.29, 1.82) is 0 Å². The van der Waals surface area contributed by atoms with Gasteiger partial charge in [0.25, 0.3) is 5.91 Å². The molecule has 7 nitrogen and oxygen atoms in total. The van der Waals surface area contributed by atoms with Crippen molar-refractivity contribution in [1.82, 2.24) is 24.6 Å². The molecule has 1 saturated heterocycles. The second-order valence-electron chi connectivity index (χ2n) is 5.46. The lowest BCUT2D eigenvalue weighted by atomic mass is 9.90. The fourth-order valence-electron chi connectivity index (χ4n) is 2.84. The highest BCUT2D eigenvalue weighted by atomic mass is 16.3. The van der Waals surface area contributed by atoms with Crippen LogP contribution in [0.15, 0.2) is 24.8 Å². The average molecular weight is 289 g/mol. The molecule has 0 radical (unpaired) electrons. The van der Waals surface area contributed by atoms with E-state index in [9.17, 15) is 9.90 Å². The maximum atomic E-state index is 12.2. The maximum Gasteiger partial charge on any atom is 0.257 e. The van der Waals surface area contributed by atoms with E-state index in [4.69, 9.17) is 0 Å². The first kappa shape index (κ1) is 13.8. The topological polar surface area (TPSA) is 87.0 Å². The van der Waals surface area contributed by atoms with Crippen LogP contribution in [0.4, 0.5) is 0 Å². The van der Waals surface area contributed by atoms with E-state index in [0.29, 0.717) is 24.5 Å². The van der Waals surface area contributed by atoms with Gasteiger partial charge in [0.15, 0.2) is 0 Å². The number of carbonyl (C=O) groups excluding carboxylic acids is 1. The average Bonchev–Trinajstić information content (AvgIpc) is 3.17. The highest BCUT2D eigenvalue weighted by molar-refractivity contribution is 5.93. The highest BCUT2D eigenvalue weighted by Crippen LogP contribution is 2.30. The molecule has 7 heteroatoms. The molecular formula is C14H19N5O2. The molecular weight excluding hydrogens is 270 g/mol. The maximum absolute atomic E-state index is 12.2. The molecule has 3 heterocycles. The van der Waals surface area contributed by atoms with Crippen LogP contribution < -0.4 is 0 Å². The van der Waals surface area contributed by atoms with Crippen molar-refractivity contribution in [3.63, 3.8) is 0 Å². The fourth-order valence-corrected chi connectivity index (χ4v) is 2.84. The molecule has 1 aliphatic rings. The Hall–Kier alpha value is -2.15. The first-order valence-corrected chi connectivity index (χ1v) is 7.10. The number of nitrogens with zero attached hydrogens (tertiary/aromatic N) is 4. The predicted molar refractivity (Wildman–Crippen MR) is 75.4 cm³/mol. The van der Waals surface area contributed by atoms with Gasteiger partial charge in [-0.2, -0.15) is 5.10 Å². The lowest BCUT2D eigenvalue weighted by molar-refractivity contribution is 0.0420. The van der Waals surface area contributed by atoms with Gasteiger partial charge in [-0.15, -0.1) is 0 Å². The summed E-state index contributed by atoms with van der Waals surface area (Å²) in [5.41, 5.74) is 0.582. The molecule has 1 aliphatic heterocycles. The molecule has 1 fully saturated rings. The zero-order valence-electron chi connectivity index (χ0n) is 11.9. The van der Waals surface area contributed by atoms with Gasteiger partial charge in [0.2, 0.25) is 0 Å².